The Morgan fingerprint density at radius 3 is 2.60 bits per heavy atom. The number of halogens is 1. The molecule has 2 rings (SSSR count). The van der Waals surface area contributed by atoms with E-state index in [4.69, 9.17) is 0 Å². The van der Waals surface area contributed by atoms with Gasteiger partial charge in [-0.2, -0.15) is 0 Å². The number of hydrogen-bond donors (Lipinski definition) is 1. The Balaban J connectivity index is 2.05. The van der Waals surface area contributed by atoms with Gasteiger partial charge in [-0.3, -0.25) is 4.79 Å². The molecule has 1 fully saturated rings. The Labute approximate surface area is 132 Å². The molecule has 1 N–H and O–H groups in total. The van der Waals surface area contributed by atoms with Gasteiger partial charge in [0, 0.05) is 28.3 Å². The summed E-state index contributed by atoms with van der Waals surface area (Å²) in [5.41, 5.74) is 0.644. The van der Waals surface area contributed by atoms with Gasteiger partial charge in [-0.1, -0.05) is 0 Å². The van der Waals surface area contributed by atoms with Crippen LogP contribution in [0.5, 0.6) is 0 Å². The van der Waals surface area contributed by atoms with Gasteiger partial charge in [-0.15, -0.1) is 0 Å². The number of rotatable bonds is 3. The van der Waals surface area contributed by atoms with E-state index in [0.29, 0.717) is 18.7 Å². The molecule has 5 nitrogen and oxygen atoms in total. The molecule has 1 amide bonds. The Morgan fingerprint density at radius 1 is 1.35 bits per heavy atom. The van der Waals surface area contributed by atoms with Crippen molar-refractivity contribution in [1.29, 1.82) is 0 Å². The van der Waals surface area contributed by atoms with Crippen molar-refractivity contribution >= 4 is 38.5 Å². The van der Waals surface area contributed by atoms with Crippen molar-refractivity contribution in [3.05, 3.63) is 33.4 Å². The van der Waals surface area contributed by atoms with Crippen molar-refractivity contribution in [3.8, 4) is 0 Å². The maximum Gasteiger partial charge on any atom is 0.253 e. The molecule has 1 aliphatic rings. The van der Waals surface area contributed by atoms with Gasteiger partial charge in [0.15, 0.2) is 0 Å². The predicted molar refractivity (Wildman–Crippen MR) is 86.1 cm³/mol. The Morgan fingerprint density at radius 2 is 2.00 bits per heavy atom. The second-order valence-electron chi connectivity index (χ2n) is 4.99. The molecule has 0 saturated carbocycles. The van der Waals surface area contributed by atoms with Crippen molar-refractivity contribution in [2.24, 2.45) is 0 Å². The SMILES string of the molecule is CS(=O)(=O)NC1CCCN(C(=O)c2ccc(I)cc2)C1. The average Bonchev–Trinajstić information content (AvgIpc) is 2.37. The van der Waals surface area contributed by atoms with E-state index in [9.17, 15) is 13.2 Å². The van der Waals surface area contributed by atoms with Crippen LogP contribution in [0.3, 0.4) is 0 Å². The quantitative estimate of drug-likeness (QED) is 0.770. The molecule has 1 aromatic rings. The van der Waals surface area contributed by atoms with Crippen LogP contribution in [0.25, 0.3) is 0 Å². The number of hydrogen-bond acceptors (Lipinski definition) is 3. The van der Waals surface area contributed by atoms with E-state index in [1.165, 1.54) is 0 Å². The number of piperidine rings is 1. The Kier molecular flexibility index (Phi) is 5.03. The highest BCUT2D eigenvalue weighted by Crippen LogP contribution is 2.15. The molecule has 1 unspecified atom stereocenters. The molecule has 110 valence electrons. The van der Waals surface area contributed by atoms with E-state index in [2.05, 4.69) is 27.3 Å². The largest absolute Gasteiger partial charge is 0.337 e. The minimum Gasteiger partial charge on any atom is -0.337 e. The van der Waals surface area contributed by atoms with Crippen LogP contribution in [-0.2, 0) is 10.0 Å². The maximum atomic E-state index is 12.4. The molecule has 0 spiro atoms. The van der Waals surface area contributed by atoms with Crippen LogP contribution in [0, 0.1) is 3.57 Å². The van der Waals surface area contributed by atoms with E-state index >= 15 is 0 Å². The molecule has 1 atom stereocenters. The first kappa shape index (κ1) is 15.7. The van der Waals surface area contributed by atoms with Gasteiger partial charge in [0.25, 0.3) is 5.91 Å². The zero-order valence-electron chi connectivity index (χ0n) is 11.2. The minimum atomic E-state index is -3.23. The van der Waals surface area contributed by atoms with E-state index in [-0.39, 0.29) is 11.9 Å². The Hall–Kier alpha value is -0.670. The van der Waals surface area contributed by atoms with E-state index < -0.39 is 10.0 Å². The number of nitrogens with one attached hydrogen (secondary N) is 1. The van der Waals surface area contributed by atoms with Crippen molar-refractivity contribution in [1.82, 2.24) is 9.62 Å². The van der Waals surface area contributed by atoms with Gasteiger partial charge >= 0.3 is 0 Å². The minimum absolute atomic E-state index is 0.0404. The van der Waals surface area contributed by atoms with E-state index in [0.717, 1.165) is 22.7 Å². The summed E-state index contributed by atoms with van der Waals surface area (Å²) in [6.45, 7) is 1.10. The number of benzene rings is 1. The van der Waals surface area contributed by atoms with Gasteiger partial charge in [0.2, 0.25) is 10.0 Å². The van der Waals surface area contributed by atoms with Crippen LogP contribution >= 0.6 is 22.6 Å². The van der Waals surface area contributed by atoms with Gasteiger partial charge < -0.3 is 4.90 Å². The lowest BCUT2D eigenvalue weighted by molar-refractivity contribution is 0.0703. The van der Waals surface area contributed by atoms with Crippen molar-refractivity contribution < 1.29 is 13.2 Å². The molecule has 7 heteroatoms. The number of amides is 1. The summed E-state index contributed by atoms with van der Waals surface area (Å²) in [6, 6.07) is 7.20. The summed E-state index contributed by atoms with van der Waals surface area (Å²) in [5.74, 6) is -0.0404. The van der Waals surface area contributed by atoms with Crippen molar-refractivity contribution in [2.75, 3.05) is 19.3 Å². The zero-order valence-corrected chi connectivity index (χ0v) is 14.1. The lowest BCUT2D eigenvalue weighted by atomic mass is 10.1. The van der Waals surface area contributed by atoms with E-state index in [1.54, 1.807) is 17.0 Å². The number of carbonyl (C=O) groups is 1. The van der Waals surface area contributed by atoms with Crippen LogP contribution in [-0.4, -0.2) is 44.6 Å². The third-order valence-corrected chi connectivity index (χ3v) is 4.66. The summed E-state index contributed by atoms with van der Waals surface area (Å²) in [4.78, 5) is 14.1. The molecule has 20 heavy (non-hydrogen) atoms. The standard InChI is InChI=1S/C13H17IN2O3S/c1-20(18,19)15-12-3-2-8-16(9-12)13(17)10-4-6-11(14)7-5-10/h4-7,12,15H,2-3,8-9H2,1H3. The third kappa shape index (κ3) is 4.42. The van der Waals surface area contributed by atoms with Crippen molar-refractivity contribution in [3.63, 3.8) is 0 Å². The third-order valence-electron chi connectivity index (χ3n) is 3.18. The maximum absolute atomic E-state index is 12.4. The summed E-state index contributed by atoms with van der Waals surface area (Å²) in [5, 5.41) is 0. The monoisotopic (exact) mass is 408 g/mol. The fraction of sp³-hybridized carbons (Fsp3) is 0.462. The highest BCUT2D eigenvalue weighted by Gasteiger charge is 2.26. The molecule has 0 aromatic heterocycles. The predicted octanol–water partition coefficient (Wildman–Crippen LogP) is 1.44. The summed E-state index contributed by atoms with van der Waals surface area (Å²) in [7, 11) is -3.23. The van der Waals surface area contributed by atoms with Gasteiger partial charge in [0.05, 0.1) is 6.26 Å². The normalized spacial score (nSPS) is 19.9. The van der Waals surface area contributed by atoms with Crippen LogP contribution < -0.4 is 4.72 Å². The van der Waals surface area contributed by atoms with Crippen LogP contribution in [0.1, 0.15) is 23.2 Å². The first-order chi connectivity index (χ1) is 9.35. The fourth-order valence-corrected chi connectivity index (χ4v) is 3.49. The Bertz CT molecular complexity index is 586. The van der Waals surface area contributed by atoms with Gasteiger partial charge in [-0.05, 0) is 59.7 Å². The average molecular weight is 408 g/mol. The topological polar surface area (TPSA) is 66.5 Å². The number of nitrogens with zero attached hydrogens (tertiary/aromatic N) is 1. The molecule has 0 bridgehead atoms. The molecule has 1 aliphatic heterocycles. The lowest BCUT2D eigenvalue weighted by Gasteiger charge is -2.32. The van der Waals surface area contributed by atoms with Gasteiger partial charge in [-0.25, -0.2) is 13.1 Å². The fourth-order valence-electron chi connectivity index (χ4n) is 2.34. The molecular formula is C13H17IN2O3S. The molecule has 1 saturated heterocycles. The number of sulfonamides is 1. The van der Waals surface area contributed by atoms with Gasteiger partial charge in [0.1, 0.15) is 0 Å². The van der Waals surface area contributed by atoms with Crippen LogP contribution in [0.2, 0.25) is 0 Å². The molecular weight excluding hydrogens is 391 g/mol. The molecule has 0 radical (unpaired) electrons. The number of carbonyl (C=O) groups excluding carboxylic acids is 1. The highest BCUT2D eigenvalue weighted by molar-refractivity contribution is 14.1. The number of likely N-dealkylation sites (tertiary alicyclic amines) is 1. The molecule has 0 aliphatic carbocycles. The second kappa shape index (κ2) is 6.40. The first-order valence-corrected chi connectivity index (χ1v) is 9.34. The first-order valence-electron chi connectivity index (χ1n) is 6.37. The molecule has 1 heterocycles. The smallest absolute Gasteiger partial charge is 0.253 e. The zero-order chi connectivity index (χ0) is 14.8. The summed E-state index contributed by atoms with van der Waals surface area (Å²) in [6.07, 6.45) is 2.72. The van der Waals surface area contributed by atoms with Crippen molar-refractivity contribution in [2.45, 2.75) is 18.9 Å². The highest BCUT2D eigenvalue weighted by atomic mass is 127. The van der Waals surface area contributed by atoms with Crippen LogP contribution in [0.4, 0.5) is 0 Å². The van der Waals surface area contributed by atoms with E-state index in [1.807, 2.05) is 12.1 Å². The summed E-state index contributed by atoms with van der Waals surface area (Å²) < 4.78 is 26.2. The lowest BCUT2D eigenvalue weighted by Crippen LogP contribution is -2.49. The van der Waals surface area contributed by atoms with Crippen LogP contribution in [0.15, 0.2) is 24.3 Å². The summed E-state index contributed by atoms with van der Waals surface area (Å²) >= 11 is 2.19. The molecule has 1 aromatic carbocycles. The second-order valence-corrected chi connectivity index (χ2v) is 8.01.